The molecule has 0 aliphatic carbocycles. The normalized spacial score (nSPS) is 12.6. The zero-order chi connectivity index (χ0) is 13.7. The molecule has 0 aliphatic rings. The predicted octanol–water partition coefficient (Wildman–Crippen LogP) is 3.07. The van der Waals surface area contributed by atoms with Crippen molar-refractivity contribution < 1.29 is 9.53 Å². The summed E-state index contributed by atoms with van der Waals surface area (Å²) in [7, 11) is 1.40. The Bertz CT molecular complexity index is 413. The van der Waals surface area contributed by atoms with Gasteiger partial charge in [0.25, 0.3) is 0 Å². The summed E-state index contributed by atoms with van der Waals surface area (Å²) in [5.41, 5.74) is 9.75. The summed E-state index contributed by atoms with van der Waals surface area (Å²) in [5, 5.41) is 0. The number of carbonyl (C=O) groups is 1. The fraction of sp³-hybridized carbons (Fsp3) is 0.533. The highest BCUT2D eigenvalue weighted by Crippen LogP contribution is 2.24. The van der Waals surface area contributed by atoms with E-state index in [1.807, 2.05) is 0 Å². The smallest absolute Gasteiger partial charge is 0.305 e. The van der Waals surface area contributed by atoms with E-state index in [0.717, 1.165) is 5.56 Å². The van der Waals surface area contributed by atoms with Gasteiger partial charge in [0.1, 0.15) is 0 Å². The Morgan fingerprint density at radius 2 is 2.06 bits per heavy atom. The molecule has 1 unspecified atom stereocenters. The van der Waals surface area contributed by atoms with Gasteiger partial charge >= 0.3 is 5.97 Å². The summed E-state index contributed by atoms with van der Waals surface area (Å²) < 4.78 is 4.63. The quantitative estimate of drug-likeness (QED) is 0.816. The summed E-state index contributed by atoms with van der Waals surface area (Å²) in [6.07, 6.45) is 0.984. The van der Waals surface area contributed by atoms with E-state index in [1.165, 1.54) is 18.2 Å². The summed E-state index contributed by atoms with van der Waals surface area (Å²) >= 11 is 0. The second-order valence-electron chi connectivity index (χ2n) is 4.99. The van der Waals surface area contributed by atoms with Gasteiger partial charge in [-0.3, -0.25) is 4.79 Å². The highest BCUT2D eigenvalue weighted by Gasteiger charge is 2.13. The minimum atomic E-state index is -0.205. The van der Waals surface area contributed by atoms with Crippen LogP contribution >= 0.6 is 0 Å². The fourth-order valence-corrected chi connectivity index (χ4v) is 1.95. The van der Waals surface area contributed by atoms with Gasteiger partial charge in [0.15, 0.2) is 0 Å². The van der Waals surface area contributed by atoms with Crippen LogP contribution in [0.3, 0.4) is 0 Å². The molecule has 0 aromatic heterocycles. The van der Waals surface area contributed by atoms with Crippen LogP contribution < -0.4 is 5.73 Å². The Morgan fingerprint density at radius 3 is 2.61 bits per heavy atom. The number of nitrogens with two attached hydrogens (primary N) is 1. The van der Waals surface area contributed by atoms with Crippen LogP contribution in [0.15, 0.2) is 18.2 Å². The van der Waals surface area contributed by atoms with Crippen molar-refractivity contribution in [2.45, 2.75) is 45.6 Å². The Hall–Kier alpha value is -1.35. The number of hydrogen-bond acceptors (Lipinski definition) is 3. The molecule has 100 valence electrons. The first-order valence-corrected chi connectivity index (χ1v) is 6.38. The number of ether oxygens (including phenoxy) is 1. The summed E-state index contributed by atoms with van der Waals surface area (Å²) in [5.74, 6) is 0.278. The van der Waals surface area contributed by atoms with Crippen LogP contribution in [0.1, 0.15) is 55.3 Å². The standard InChI is InChI=1S/C15H23NO2/c1-10(2)12-6-5-11(3)13(9-12)14(16)7-8-15(17)18-4/h5-6,9-10,14H,7-8,16H2,1-4H3. The summed E-state index contributed by atoms with van der Waals surface area (Å²) in [6.45, 7) is 6.38. The topological polar surface area (TPSA) is 52.3 Å². The van der Waals surface area contributed by atoms with Crippen LogP contribution in [-0.2, 0) is 9.53 Å². The maximum absolute atomic E-state index is 11.1. The third kappa shape index (κ3) is 3.84. The van der Waals surface area contributed by atoms with Crippen molar-refractivity contribution in [1.82, 2.24) is 0 Å². The van der Waals surface area contributed by atoms with Crippen molar-refractivity contribution in [2.75, 3.05) is 7.11 Å². The zero-order valence-corrected chi connectivity index (χ0v) is 11.7. The largest absolute Gasteiger partial charge is 0.469 e. The first-order valence-electron chi connectivity index (χ1n) is 6.38. The molecule has 0 amide bonds. The average molecular weight is 249 g/mol. The minimum absolute atomic E-state index is 0.109. The first kappa shape index (κ1) is 14.7. The van der Waals surface area contributed by atoms with E-state index in [2.05, 4.69) is 43.7 Å². The molecule has 3 heteroatoms. The molecule has 2 N–H and O–H groups in total. The van der Waals surface area contributed by atoms with E-state index in [0.29, 0.717) is 18.8 Å². The number of rotatable bonds is 5. The molecule has 0 fully saturated rings. The fourth-order valence-electron chi connectivity index (χ4n) is 1.95. The molecule has 0 radical (unpaired) electrons. The molecule has 0 saturated carbocycles. The van der Waals surface area contributed by atoms with Gasteiger partial charge < -0.3 is 10.5 Å². The van der Waals surface area contributed by atoms with Crippen molar-refractivity contribution in [2.24, 2.45) is 5.73 Å². The second-order valence-corrected chi connectivity index (χ2v) is 4.99. The number of aryl methyl sites for hydroxylation is 1. The monoisotopic (exact) mass is 249 g/mol. The maximum Gasteiger partial charge on any atom is 0.305 e. The number of benzene rings is 1. The van der Waals surface area contributed by atoms with E-state index in [-0.39, 0.29) is 12.0 Å². The molecule has 1 aromatic carbocycles. The zero-order valence-electron chi connectivity index (χ0n) is 11.7. The Kier molecular flexibility index (Phi) is 5.35. The predicted molar refractivity (Wildman–Crippen MR) is 73.4 cm³/mol. The second kappa shape index (κ2) is 6.55. The summed E-state index contributed by atoms with van der Waals surface area (Å²) in [6, 6.07) is 6.28. The Labute approximate surface area is 109 Å². The molecule has 1 atom stereocenters. The molecule has 3 nitrogen and oxygen atoms in total. The highest BCUT2D eigenvalue weighted by molar-refractivity contribution is 5.69. The lowest BCUT2D eigenvalue weighted by atomic mass is 9.92. The molecule has 0 saturated heterocycles. The molecule has 0 spiro atoms. The van der Waals surface area contributed by atoms with Gasteiger partial charge in [-0.2, -0.15) is 0 Å². The molecule has 0 heterocycles. The third-order valence-corrected chi connectivity index (χ3v) is 3.26. The van der Waals surface area contributed by atoms with Crippen molar-refractivity contribution in [3.05, 3.63) is 34.9 Å². The van der Waals surface area contributed by atoms with Gasteiger partial charge in [-0.1, -0.05) is 32.0 Å². The average Bonchev–Trinajstić information content (AvgIpc) is 2.35. The van der Waals surface area contributed by atoms with E-state index in [1.54, 1.807) is 0 Å². The van der Waals surface area contributed by atoms with Gasteiger partial charge in [0, 0.05) is 12.5 Å². The Balaban J connectivity index is 2.80. The number of esters is 1. The van der Waals surface area contributed by atoms with Crippen molar-refractivity contribution in [3.63, 3.8) is 0 Å². The number of carbonyl (C=O) groups excluding carboxylic acids is 1. The van der Waals surface area contributed by atoms with E-state index >= 15 is 0 Å². The Morgan fingerprint density at radius 1 is 1.39 bits per heavy atom. The highest BCUT2D eigenvalue weighted by atomic mass is 16.5. The van der Waals surface area contributed by atoms with Crippen molar-refractivity contribution in [1.29, 1.82) is 0 Å². The van der Waals surface area contributed by atoms with Crippen LogP contribution in [0, 0.1) is 6.92 Å². The van der Waals surface area contributed by atoms with Crippen LogP contribution in [0.5, 0.6) is 0 Å². The van der Waals surface area contributed by atoms with Crippen LogP contribution in [0.2, 0.25) is 0 Å². The lowest BCUT2D eigenvalue weighted by Crippen LogP contribution is -2.14. The van der Waals surface area contributed by atoms with Crippen molar-refractivity contribution >= 4 is 5.97 Å². The molecular formula is C15H23NO2. The van der Waals surface area contributed by atoms with Crippen LogP contribution in [0.25, 0.3) is 0 Å². The van der Waals surface area contributed by atoms with Crippen LogP contribution in [-0.4, -0.2) is 13.1 Å². The summed E-state index contributed by atoms with van der Waals surface area (Å²) in [4.78, 5) is 11.1. The third-order valence-electron chi connectivity index (χ3n) is 3.26. The van der Waals surface area contributed by atoms with Crippen LogP contribution in [0.4, 0.5) is 0 Å². The lowest BCUT2D eigenvalue weighted by molar-refractivity contribution is -0.140. The SMILES string of the molecule is COC(=O)CCC(N)c1cc(C(C)C)ccc1C. The van der Waals surface area contributed by atoms with Gasteiger partial charge in [-0.15, -0.1) is 0 Å². The molecule has 0 aliphatic heterocycles. The van der Waals surface area contributed by atoms with Gasteiger partial charge in [-0.25, -0.2) is 0 Å². The minimum Gasteiger partial charge on any atom is -0.469 e. The molecule has 18 heavy (non-hydrogen) atoms. The molecule has 0 bridgehead atoms. The van der Waals surface area contributed by atoms with Gasteiger partial charge in [-0.05, 0) is 36.0 Å². The molecular weight excluding hydrogens is 226 g/mol. The number of methoxy groups -OCH3 is 1. The van der Waals surface area contributed by atoms with Gasteiger partial charge in [0.2, 0.25) is 0 Å². The van der Waals surface area contributed by atoms with E-state index < -0.39 is 0 Å². The maximum atomic E-state index is 11.1. The van der Waals surface area contributed by atoms with E-state index in [9.17, 15) is 4.79 Å². The number of hydrogen-bond donors (Lipinski definition) is 1. The van der Waals surface area contributed by atoms with Crippen molar-refractivity contribution in [3.8, 4) is 0 Å². The first-order chi connectivity index (χ1) is 8.45. The van der Waals surface area contributed by atoms with Gasteiger partial charge in [0.05, 0.1) is 7.11 Å². The molecule has 1 aromatic rings. The van der Waals surface area contributed by atoms with E-state index in [4.69, 9.17) is 5.73 Å². The lowest BCUT2D eigenvalue weighted by Gasteiger charge is -2.17. The molecule has 1 rings (SSSR count).